The van der Waals surface area contributed by atoms with Crippen LogP contribution in [0.15, 0.2) is 0 Å². The Labute approximate surface area is 114 Å². The summed E-state index contributed by atoms with van der Waals surface area (Å²) in [6, 6.07) is 0. The lowest BCUT2D eigenvalue weighted by atomic mass is 9.91. The van der Waals surface area contributed by atoms with E-state index in [0.29, 0.717) is 32.4 Å². The van der Waals surface area contributed by atoms with Crippen LogP contribution in [0.2, 0.25) is 0 Å². The Kier molecular flexibility index (Phi) is 6.80. The molecule has 1 fully saturated rings. The van der Waals surface area contributed by atoms with Gasteiger partial charge in [-0.2, -0.15) is 0 Å². The van der Waals surface area contributed by atoms with E-state index in [9.17, 15) is 9.59 Å². The van der Waals surface area contributed by atoms with E-state index in [2.05, 4.69) is 16.0 Å². The van der Waals surface area contributed by atoms with Crippen LogP contribution in [-0.4, -0.2) is 50.7 Å². The number of hydrogen-bond acceptors (Lipinski definition) is 4. The average molecular weight is 271 g/mol. The van der Waals surface area contributed by atoms with E-state index in [1.807, 2.05) is 6.92 Å². The highest BCUT2D eigenvalue weighted by molar-refractivity contribution is 5.86. The number of ether oxygens (including phenoxy) is 1. The maximum Gasteiger partial charge on any atom is 0.252 e. The second-order valence-corrected chi connectivity index (χ2v) is 4.80. The van der Waals surface area contributed by atoms with E-state index in [-0.39, 0.29) is 11.8 Å². The first-order valence-electron chi connectivity index (χ1n) is 6.95. The first kappa shape index (κ1) is 15.9. The maximum atomic E-state index is 12.2. The fourth-order valence-corrected chi connectivity index (χ4v) is 2.16. The number of piperidine rings is 1. The van der Waals surface area contributed by atoms with Crippen LogP contribution in [0.25, 0.3) is 0 Å². The molecule has 0 unspecified atom stereocenters. The van der Waals surface area contributed by atoms with E-state index in [1.165, 1.54) is 0 Å². The molecule has 19 heavy (non-hydrogen) atoms. The monoisotopic (exact) mass is 271 g/mol. The normalized spacial score (nSPS) is 17.8. The van der Waals surface area contributed by atoms with Gasteiger partial charge in [-0.1, -0.05) is 6.92 Å². The minimum atomic E-state index is -0.731. The number of rotatable bonds is 7. The van der Waals surface area contributed by atoms with Crippen molar-refractivity contribution in [2.75, 3.05) is 33.3 Å². The van der Waals surface area contributed by atoms with E-state index < -0.39 is 5.60 Å². The van der Waals surface area contributed by atoms with Crippen LogP contribution in [0.5, 0.6) is 0 Å². The molecule has 0 aromatic heterocycles. The molecule has 0 atom stereocenters. The lowest BCUT2D eigenvalue weighted by Gasteiger charge is -2.34. The van der Waals surface area contributed by atoms with Gasteiger partial charge in [0.15, 0.2) is 0 Å². The summed E-state index contributed by atoms with van der Waals surface area (Å²) >= 11 is 0. The SMILES string of the molecule is CCCNC(=O)CCNC(=O)C1(OC)CCNCC1. The van der Waals surface area contributed by atoms with Crippen molar-refractivity contribution in [3.05, 3.63) is 0 Å². The van der Waals surface area contributed by atoms with Crippen molar-refractivity contribution >= 4 is 11.8 Å². The van der Waals surface area contributed by atoms with Crippen LogP contribution >= 0.6 is 0 Å². The fourth-order valence-electron chi connectivity index (χ4n) is 2.16. The number of methoxy groups -OCH3 is 1. The first-order valence-corrected chi connectivity index (χ1v) is 6.95. The zero-order valence-electron chi connectivity index (χ0n) is 11.9. The molecule has 0 aromatic carbocycles. The van der Waals surface area contributed by atoms with Crippen molar-refractivity contribution in [1.29, 1.82) is 0 Å². The number of carbonyl (C=O) groups is 2. The zero-order valence-corrected chi connectivity index (χ0v) is 11.9. The number of carbonyl (C=O) groups excluding carboxylic acids is 2. The standard InChI is InChI=1S/C13H25N3O3/c1-3-7-15-11(17)4-8-16-12(18)13(19-2)5-9-14-10-6-13/h14H,3-10H2,1-2H3,(H,15,17)(H,16,18). The molecule has 6 heteroatoms. The van der Waals surface area contributed by atoms with Crippen LogP contribution in [0.4, 0.5) is 0 Å². The molecule has 3 N–H and O–H groups in total. The quantitative estimate of drug-likeness (QED) is 0.598. The number of nitrogens with one attached hydrogen (secondary N) is 3. The minimum Gasteiger partial charge on any atom is -0.368 e. The summed E-state index contributed by atoms with van der Waals surface area (Å²) in [4.78, 5) is 23.6. The molecule has 1 rings (SSSR count). The molecule has 2 amide bonds. The average Bonchev–Trinajstić information content (AvgIpc) is 2.45. The summed E-state index contributed by atoms with van der Waals surface area (Å²) in [5.74, 6) is -0.140. The van der Waals surface area contributed by atoms with E-state index in [4.69, 9.17) is 4.74 Å². The van der Waals surface area contributed by atoms with Gasteiger partial charge in [0.05, 0.1) is 0 Å². The summed E-state index contributed by atoms with van der Waals surface area (Å²) in [6.07, 6.45) is 2.55. The van der Waals surface area contributed by atoms with Crippen molar-refractivity contribution in [2.45, 2.75) is 38.2 Å². The molecule has 0 spiro atoms. The first-order chi connectivity index (χ1) is 9.14. The third-order valence-electron chi connectivity index (χ3n) is 3.43. The predicted octanol–water partition coefficient (Wildman–Crippen LogP) is -0.212. The van der Waals surface area contributed by atoms with Crippen molar-refractivity contribution < 1.29 is 14.3 Å². The van der Waals surface area contributed by atoms with Gasteiger partial charge in [0.1, 0.15) is 5.60 Å². The lowest BCUT2D eigenvalue weighted by Crippen LogP contribution is -2.54. The van der Waals surface area contributed by atoms with Crippen molar-refractivity contribution in [2.24, 2.45) is 0 Å². The predicted molar refractivity (Wildman–Crippen MR) is 72.8 cm³/mol. The third kappa shape index (κ3) is 4.80. The smallest absolute Gasteiger partial charge is 0.252 e. The van der Waals surface area contributed by atoms with Crippen molar-refractivity contribution in [3.8, 4) is 0 Å². The van der Waals surface area contributed by atoms with Crippen LogP contribution in [0, 0.1) is 0 Å². The molecule has 0 aliphatic carbocycles. The molecule has 0 radical (unpaired) electrons. The fraction of sp³-hybridized carbons (Fsp3) is 0.846. The molecule has 1 aliphatic rings. The van der Waals surface area contributed by atoms with Gasteiger partial charge in [0.25, 0.3) is 5.91 Å². The summed E-state index contributed by atoms with van der Waals surface area (Å²) in [7, 11) is 1.57. The summed E-state index contributed by atoms with van der Waals surface area (Å²) < 4.78 is 5.41. The molecule has 0 bridgehead atoms. The largest absolute Gasteiger partial charge is 0.368 e. The van der Waals surface area contributed by atoms with Gasteiger partial charge >= 0.3 is 0 Å². The van der Waals surface area contributed by atoms with Gasteiger partial charge in [0, 0.05) is 26.6 Å². The number of amides is 2. The van der Waals surface area contributed by atoms with Gasteiger partial charge in [-0.05, 0) is 32.4 Å². The minimum absolute atomic E-state index is 0.0288. The molecular formula is C13H25N3O3. The van der Waals surface area contributed by atoms with Crippen LogP contribution in [0.1, 0.15) is 32.6 Å². The van der Waals surface area contributed by atoms with Gasteiger partial charge in [-0.25, -0.2) is 0 Å². The van der Waals surface area contributed by atoms with Gasteiger partial charge in [-0.3, -0.25) is 9.59 Å². The topological polar surface area (TPSA) is 79.5 Å². The highest BCUT2D eigenvalue weighted by atomic mass is 16.5. The molecule has 1 aliphatic heterocycles. The van der Waals surface area contributed by atoms with E-state index >= 15 is 0 Å². The Morgan fingerprint density at radius 2 is 1.89 bits per heavy atom. The Morgan fingerprint density at radius 1 is 1.21 bits per heavy atom. The van der Waals surface area contributed by atoms with Crippen LogP contribution < -0.4 is 16.0 Å². The lowest BCUT2D eigenvalue weighted by molar-refractivity contribution is -0.146. The Bertz CT molecular complexity index is 302. The van der Waals surface area contributed by atoms with Crippen molar-refractivity contribution in [1.82, 2.24) is 16.0 Å². The number of hydrogen-bond donors (Lipinski definition) is 3. The molecule has 110 valence electrons. The van der Waals surface area contributed by atoms with Crippen LogP contribution in [-0.2, 0) is 14.3 Å². The summed E-state index contributed by atoms with van der Waals surface area (Å²) in [5, 5.41) is 8.78. The molecular weight excluding hydrogens is 246 g/mol. The molecule has 1 heterocycles. The summed E-state index contributed by atoms with van der Waals surface area (Å²) in [6.45, 7) is 4.59. The molecule has 1 saturated heterocycles. The van der Waals surface area contributed by atoms with Crippen molar-refractivity contribution in [3.63, 3.8) is 0 Å². The Hall–Kier alpha value is -1.14. The Morgan fingerprint density at radius 3 is 2.47 bits per heavy atom. The molecule has 6 nitrogen and oxygen atoms in total. The third-order valence-corrected chi connectivity index (χ3v) is 3.43. The van der Waals surface area contributed by atoms with E-state index in [1.54, 1.807) is 7.11 Å². The zero-order chi connectivity index (χ0) is 14.1. The van der Waals surface area contributed by atoms with Gasteiger partial charge < -0.3 is 20.7 Å². The molecule has 0 aromatic rings. The second-order valence-electron chi connectivity index (χ2n) is 4.80. The highest BCUT2D eigenvalue weighted by Crippen LogP contribution is 2.22. The van der Waals surface area contributed by atoms with E-state index in [0.717, 1.165) is 19.5 Å². The highest BCUT2D eigenvalue weighted by Gasteiger charge is 2.39. The molecule has 0 saturated carbocycles. The maximum absolute atomic E-state index is 12.2. The van der Waals surface area contributed by atoms with Gasteiger partial charge in [0.2, 0.25) is 5.91 Å². The summed E-state index contributed by atoms with van der Waals surface area (Å²) in [5.41, 5.74) is -0.731. The van der Waals surface area contributed by atoms with Gasteiger partial charge in [-0.15, -0.1) is 0 Å². The second kappa shape index (κ2) is 8.12. The van der Waals surface area contributed by atoms with Crippen LogP contribution in [0.3, 0.4) is 0 Å². The Balaban J connectivity index is 2.31.